The zero-order valence-electron chi connectivity index (χ0n) is 12.9. The third kappa shape index (κ3) is 2.98. The van der Waals surface area contributed by atoms with Gasteiger partial charge in [-0.2, -0.15) is 0 Å². The fourth-order valence-electron chi connectivity index (χ4n) is 2.75. The van der Waals surface area contributed by atoms with E-state index in [0.717, 1.165) is 16.7 Å². The monoisotopic (exact) mass is 351 g/mol. The SMILES string of the molecule is O=C(Sc1ccccc1)c1c2cc(F)ccc2nc2ccc(F)cc12. The Morgan fingerprint density at radius 2 is 1.36 bits per heavy atom. The summed E-state index contributed by atoms with van der Waals surface area (Å²) in [6.07, 6.45) is 0. The minimum absolute atomic E-state index is 0.271. The lowest BCUT2D eigenvalue weighted by Crippen LogP contribution is -2.00. The van der Waals surface area contributed by atoms with Crippen LogP contribution in [0.2, 0.25) is 0 Å². The molecule has 0 unspecified atom stereocenters. The fourth-order valence-corrected chi connectivity index (χ4v) is 3.58. The van der Waals surface area contributed by atoms with Gasteiger partial charge in [0, 0.05) is 21.2 Å². The minimum atomic E-state index is -0.469. The van der Waals surface area contributed by atoms with E-state index >= 15 is 0 Å². The summed E-state index contributed by atoms with van der Waals surface area (Å²) in [5, 5.41) is 0.484. The molecule has 0 spiro atoms. The molecule has 122 valence electrons. The number of hydrogen-bond donors (Lipinski definition) is 0. The topological polar surface area (TPSA) is 30.0 Å². The molecule has 0 aliphatic heterocycles. The molecule has 25 heavy (non-hydrogen) atoms. The fraction of sp³-hybridized carbons (Fsp3) is 0. The van der Waals surface area contributed by atoms with Crippen molar-refractivity contribution in [3.63, 3.8) is 0 Å². The van der Waals surface area contributed by atoms with Gasteiger partial charge in [0.25, 0.3) is 0 Å². The highest BCUT2D eigenvalue weighted by atomic mass is 32.2. The molecule has 0 atom stereocenters. The zero-order chi connectivity index (χ0) is 17.4. The molecule has 2 nitrogen and oxygen atoms in total. The molecule has 1 heterocycles. The van der Waals surface area contributed by atoms with Gasteiger partial charge >= 0.3 is 0 Å². The van der Waals surface area contributed by atoms with Crippen LogP contribution in [0.5, 0.6) is 0 Å². The van der Waals surface area contributed by atoms with Crippen molar-refractivity contribution in [1.29, 1.82) is 0 Å². The van der Waals surface area contributed by atoms with Crippen LogP contribution in [-0.4, -0.2) is 10.1 Å². The molecule has 0 radical (unpaired) electrons. The van der Waals surface area contributed by atoms with Crippen molar-refractivity contribution in [2.75, 3.05) is 0 Å². The number of hydrogen-bond acceptors (Lipinski definition) is 3. The molecule has 0 saturated carbocycles. The highest BCUT2D eigenvalue weighted by molar-refractivity contribution is 8.14. The molecular formula is C20H11F2NOS. The van der Waals surface area contributed by atoms with E-state index in [4.69, 9.17) is 0 Å². The Labute approximate surface area is 146 Å². The Morgan fingerprint density at radius 1 is 0.800 bits per heavy atom. The Bertz CT molecular complexity index is 1050. The van der Waals surface area contributed by atoms with E-state index in [1.54, 1.807) is 0 Å². The lowest BCUT2D eigenvalue weighted by atomic mass is 10.0. The number of carbonyl (C=O) groups is 1. The smallest absolute Gasteiger partial charge is 0.225 e. The quantitative estimate of drug-likeness (QED) is 0.348. The van der Waals surface area contributed by atoms with Crippen molar-refractivity contribution in [1.82, 2.24) is 4.98 Å². The molecule has 0 bridgehead atoms. The van der Waals surface area contributed by atoms with Crippen LogP contribution in [0, 0.1) is 11.6 Å². The van der Waals surface area contributed by atoms with Crippen molar-refractivity contribution >= 4 is 38.7 Å². The third-order valence-electron chi connectivity index (χ3n) is 3.85. The summed E-state index contributed by atoms with van der Waals surface area (Å²) in [5.41, 5.74) is 1.27. The first-order valence-corrected chi connectivity index (χ1v) is 8.39. The minimum Gasteiger partial charge on any atom is -0.281 e. The second kappa shape index (κ2) is 6.26. The van der Waals surface area contributed by atoms with Crippen molar-refractivity contribution in [3.05, 3.63) is 83.9 Å². The summed E-state index contributed by atoms with van der Waals surface area (Å²) in [6.45, 7) is 0. The summed E-state index contributed by atoms with van der Waals surface area (Å²) in [7, 11) is 0. The third-order valence-corrected chi connectivity index (χ3v) is 4.75. The number of fused-ring (bicyclic) bond motifs is 2. The standard InChI is InChI=1S/C20H11F2NOS/c21-12-6-8-17-15(10-12)19(16-11-13(22)7-9-18(16)23-17)20(24)25-14-4-2-1-3-5-14/h1-11H. The number of pyridine rings is 1. The molecule has 0 aliphatic rings. The predicted molar refractivity (Wildman–Crippen MR) is 95.8 cm³/mol. The Morgan fingerprint density at radius 3 is 1.92 bits per heavy atom. The number of nitrogens with zero attached hydrogens (tertiary/aromatic N) is 1. The Hall–Kier alpha value is -2.79. The lowest BCUT2D eigenvalue weighted by molar-refractivity contribution is 0.109. The number of carbonyl (C=O) groups excluding carboxylic acids is 1. The van der Waals surface area contributed by atoms with Crippen molar-refractivity contribution in [3.8, 4) is 0 Å². The van der Waals surface area contributed by atoms with Gasteiger partial charge in [-0.15, -0.1) is 0 Å². The first-order chi connectivity index (χ1) is 12.1. The molecule has 1 aromatic heterocycles. The van der Waals surface area contributed by atoms with Crippen LogP contribution in [0.25, 0.3) is 21.8 Å². The molecular weight excluding hydrogens is 340 g/mol. The average Bonchev–Trinajstić information content (AvgIpc) is 2.60. The maximum absolute atomic E-state index is 13.8. The van der Waals surface area contributed by atoms with Crippen molar-refractivity contribution < 1.29 is 13.6 Å². The van der Waals surface area contributed by atoms with E-state index in [1.807, 2.05) is 30.3 Å². The molecule has 0 saturated heterocycles. The Kier molecular flexibility index (Phi) is 3.93. The van der Waals surface area contributed by atoms with Crippen LogP contribution >= 0.6 is 11.8 Å². The normalized spacial score (nSPS) is 11.1. The molecule has 3 aromatic carbocycles. The van der Waals surface area contributed by atoms with Crippen LogP contribution in [0.3, 0.4) is 0 Å². The van der Waals surface area contributed by atoms with E-state index in [-0.39, 0.29) is 10.7 Å². The molecule has 4 aromatic rings. The van der Waals surface area contributed by atoms with Crippen LogP contribution in [0.15, 0.2) is 71.6 Å². The van der Waals surface area contributed by atoms with Gasteiger partial charge in [0.2, 0.25) is 5.12 Å². The highest BCUT2D eigenvalue weighted by Crippen LogP contribution is 2.32. The van der Waals surface area contributed by atoms with E-state index in [9.17, 15) is 13.6 Å². The predicted octanol–water partition coefficient (Wildman–Crippen LogP) is 5.60. The first kappa shape index (κ1) is 15.7. The van der Waals surface area contributed by atoms with Gasteiger partial charge in [0.05, 0.1) is 11.0 Å². The second-order valence-corrected chi connectivity index (χ2v) is 6.56. The van der Waals surface area contributed by atoms with Gasteiger partial charge in [0.1, 0.15) is 11.6 Å². The second-order valence-electron chi connectivity index (χ2n) is 5.51. The Balaban J connectivity index is 1.98. The van der Waals surface area contributed by atoms with E-state index in [2.05, 4.69) is 4.98 Å². The summed E-state index contributed by atoms with van der Waals surface area (Å²) in [4.78, 5) is 18.1. The van der Waals surface area contributed by atoms with E-state index in [1.165, 1.54) is 36.4 Å². The van der Waals surface area contributed by atoms with Gasteiger partial charge in [-0.05, 0) is 60.3 Å². The van der Waals surface area contributed by atoms with Crippen LogP contribution in [-0.2, 0) is 0 Å². The van der Waals surface area contributed by atoms with E-state index < -0.39 is 11.6 Å². The molecule has 0 N–H and O–H groups in total. The van der Waals surface area contributed by atoms with Crippen molar-refractivity contribution in [2.45, 2.75) is 4.90 Å². The van der Waals surface area contributed by atoms with Crippen molar-refractivity contribution in [2.24, 2.45) is 0 Å². The molecule has 0 fully saturated rings. The number of aromatic nitrogens is 1. The number of benzene rings is 3. The lowest BCUT2D eigenvalue weighted by Gasteiger charge is -2.10. The summed E-state index contributed by atoms with van der Waals surface area (Å²) < 4.78 is 27.5. The van der Waals surface area contributed by atoms with Crippen LogP contribution < -0.4 is 0 Å². The maximum atomic E-state index is 13.8. The number of halogens is 2. The number of rotatable bonds is 2. The maximum Gasteiger partial charge on any atom is 0.225 e. The molecule has 0 amide bonds. The van der Waals surface area contributed by atoms with E-state index in [0.29, 0.717) is 21.8 Å². The summed E-state index contributed by atoms with van der Waals surface area (Å²) in [6, 6.07) is 17.3. The summed E-state index contributed by atoms with van der Waals surface area (Å²) in [5.74, 6) is -0.937. The van der Waals surface area contributed by atoms with Gasteiger partial charge < -0.3 is 0 Å². The molecule has 0 aliphatic carbocycles. The largest absolute Gasteiger partial charge is 0.281 e. The molecule has 4 rings (SSSR count). The van der Waals surface area contributed by atoms with Crippen LogP contribution in [0.4, 0.5) is 8.78 Å². The first-order valence-electron chi connectivity index (χ1n) is 7.57. The van der Waals surface area contributed by atoms with Gasteiger partial charge in [0.15, 0.2) is 0 Å². The van der Waals surface area contributed by atoms with Gasteiger partial charge in [-0.25, -0.2) is 13.8 Å². The zero-order valence-corrected chi connectivity index (χ0v) is 13.7. The van der Waals surface area contributed by atoms with Gasteiger partial charge in [-0.3, -0.25) is 4.79 Å². The highest BCUT2D eigenvalue weighted by Gasteiger charge is 2.18. The molecule has 5 heteroatoms. The van der Waals surface area contributed by atoms with Crippen LogP contribution in [0.1, 0.15) is 10.4 Å². The summed E-state index contributed by atoms with van der Waals surface area (Å²) >= 11 is 1.03. The van der Waals surface area contributed by atoms with Gasteiger partial charge in [-0.1, -0.05) is 18.2 Å². The number of thioether (sulfide) groups is 1. The average molecular weight is 351 g/mol.